The van der Waals surface area contributed by atoms with E-state index >= 15 is 0 Å². The van der Waals surface area contributed by atoms with Gasteiger partial charge in [0.15, 0.2) is 0 Å². The van der Waals surface area contributed by atoms with Crippen molar-refractivity contribution < 1.29 is 0 Å². The Labute approximate surface area is 121 Å². The molecule has 0 amide bonds. The third-order valence-corrected chi connectivity index (χ3v) is 4.26. The molecule has 0 aliphatic rings. The Kier molecular flexibility index (Phi) is 3.63. The van der Waals surface area contributed by atoms with Crippen LogP contribution in [0.5, 0.6) is 0 Å². The normalized spacial score (nSPS) is 13.5. The minimum atomic E-state index is 0.213. The maximum absolute atomic E-state index is 6.08. The molecule has 3 heteroatoms. The van der Waals surface area contributed by atoms with Gasteiger partial charge in [-0.3, -0.25) is 4.98 Å². The van der Waals surface area contributed by atoms with Gasteiger partial charge in [0.2, 0.25) is 0 Å². The third-order valence-electron chi connectivity index (χ3n) is 4.26. The minimum absolute atomic E-state index is 0.213. The first kappa shape index (κ1) is 14.6. The molecule has 1 atom stereocenters. The van der Waals surface area contributed by atoms with E-state index in [1.807, 2.05) is 19.2 Å². The first-order chi connectivity index (χ1) is 9.21. The topological polar surface area (TPSA) is 42.1 Å². The van der Waals surface area contributed by atoms with E-state index in [1.165, 1.54) is 11.1 Å². The van der Waals surface area contributed by atoms with Gasteiger partial charge in [0.1, 0.15) is 0 Å². The molecule has 0 radical (unpaired) electrons. The molecule has 1 heterocycles. The van der Waals surface area contributed by atoms with Crippen LogP contribution in [0.4, 0.5) is 11.4 Å². The lowest BCUT2D eigenvalue weighted by molar-refractivity contribution is 0.330. The summed E-state index contributed by atoms with van der Waals surface area (Å²) in [7, 11) is 2.15. The lowest BCUT2D eigenvalue weighted by atomic mass is 9.86. The van der Waals surface area contributed by atoms with Crippen LogP contribution in [0.15, 0.2) is 24.4 Å². The van der Waals surface area contributed by atoms with E-state index in [0.29, 0.717) is 6.04 Å². The van der Waals surface area contributed by atoms with Crippen molar-refractivity contribution in [2.75, 3.05) is 17.7 Å². The summed E-state index contributed by atoms with van der Waals surface area (Å²) in [6.07, 6.45) is 1.87. The lowest BCUT2D eigenvalue weighted by Gasteiger charge is -2.37. The van der Waals surface area contributed by atoms with Gasteiger partial charge in [-0.1, -0.05) is 20.8 Å². The zero-order valence-electron chi connectivity index (χ0n) is 13.4. The highest BCUT2D eigenvalue weighted by molar-refractivity contribution is 6.01. The van der Waals surface area contributed by atoms with Gasteiger partial charge in [-0.2, -0.15) is 0 Å². The molecule has 0 saturated carbocycles. The number of nitrogens with zero attached hydrogens (tertiary/aromatic N) is 2. The van der Waals surface area contributed by atoms with Crippen molar-refractivity contribution in [3.8, 4) is 0 Å². The molecule has 2 N–H and O–H groups in total. The smallest absolute Gasteiger partial charge is 0.0448 e. The van der Waals surface area contributed by atoms with Crippen molar-refractivity contribution in [2.24, 2.45) is 5.41 Å². The number of hydrogen-bond acceptors (Lipinski definition) is 3. The van der Waals surface area contributed by atoms with E-state index in [2.05, 4.69) is 56.8 Å². The van der Waals surface area contributed by atoms with Crippen molar-refractivity contribution in [1.29, 1.82) is 0 Å². The monoisotopic (exact) mass is 271 g/mol. The molecule has 0 fully saturated rings. The molecule has 1 aromatic heterocycles. The second kappa shape index (κ2) is 4.97. The molecule has 0 bridgehead atoms. The van der Waals surface area contributed by atoms with Crippen molar-refractivity contribution >= 4 is 22.1 Å². The second-order valence-corrected chi connectivity index (χ2v) is 6.70. The Morgan fingerprint density at radius 1 is 1.20 bits per heavy atom. The van der Waals surface area contributed by atoms with Crippen LogP contribution in [0.25, 0.3) is 10.8 Å². The average molecular weight is 271 g/mol. The van der Waals surface area contributed by atoms with Gasteiger partial charge in [0.25, 0.3) is 0 Å². The summed E-state index contributed by atoms with van der Waals surface area (Å²) < 4.78 is 0. The standard InChI is InChI=1S/C17H25N3/c1-11-9-13-14(10-19-11)15(18)7-8-16(13)20(6)12(2)17(3,4)5/h7-10,12H,18H2,1-6H3. The van der Waals surface area contributed by atoms with Crippen LogP contribution in [-0.2, 0) is 0 Å². The summed E-state index contributed by atoms with van der Waals surface area (Å²) in [5, 5.41) is 2.21. The molecular weight excluding hydrogens is 246 g/mol. The van der Waals surface area contributed by atoms with Crippen LogP contribution in [-0.4, -0.2) is 18.1 Å². The van der Waals surface area contributed by atoms with E-state index in [-0.39, 0.29) is 5.41 Å². The van der Waals surface area contributed by atoms with E-state index in [1.54, 1.807) is 0 Å². The predicted molar refractivity (Wildman–Crippen MR) is 88.2 cm³/mol. The number of fused-ring (bicyclic) bond motifs is 1. The molecule has 0 spiro atoms. The molecule has 2 rings (SSSR count). The van der Waals surface area contributed by atoms with Crippen LogP contribution in [0.2, 0.25) is 0 Å². The highest BCUT2D eigenvalue weighted by Crippen LogP contribution is 2.34. The number of benzene rings is 1. The molecular formula is C17H25N3. The van der Waals surface area contributed by atoms with Crippen molar-refractivity contribution in [2.45, 2.75) is 40.7 Å². The summed E-state index contributed by atoms with van der Waals surface area (Å²) in [6.45, 7) is 11.1. The molecule has 0 saturated heterocycles. The Hall–Kier alpha value is -1.77. The van der Waals surface area contributed by atoms with Crippen LogP contribution >= 0.6 is 0 Å². The van der Waals surface area contributed by atoms with Crippen molar-refractivity contribution in [3.05, 3.63) is 30.1 Å². The molecule has 108 valence electrons. The summed E-state index contributed by atoms with van der Waals surface area (Å²) in [5.41, 5.74) is 9.30. The molecule has 0 aliphatic carbocycles. The average Bonchev–Trinajstić information content (AvgIpc) is 2.36. The first-order valence-corrected chi connectivity index (χ1v) is 7.09. The van der Waals surface area contributed by atoms with Crippen LogP contribution in [0.3, 0.4) is 0 Å². The number of anilines is 2. The van der Waals surface area contributed by atoms with E-state index in [9.17, 15) is 0 Å². The van der Waals surface area contributed by atoms with Crippen molar-refractivity contribution in [3.63, 3.8) is 0 Å². The first-order valence-electron chi connectivity index (χ1n) is 7.09. The molecule has 1 aromatic carbocycles. The molecule has 1 unspecified atom stereocenters. The fraction of sp³-hybridized carbons (Fsp3) is 0.471. The summed E-state index contributed by atoms with van der Waals surface area (Å²) >= 11 is 0. The van der Waals surface area contributed by atoms with Gasteiger partial charge in [-0.25, -0.2) is 0 Å². The highest BCUT2D eigenvalue weighted by atomic mass is 15.1. The third kappa shape index (κ3) is 2.58. The number of hydrogen-bond donors (Lipinski definition) is 1. The second-order valence-electron chi connectivity index (χ2n) is 6.70. The number of aromatic nitrogens is 1. The number of rotatable bonds is 2. The highest BCUT2D eigenvalue weighted by Gasteiger charge is 2.25. The maximum Gasteiger partial charge on any atom is 0.0448 e. The molecule has 3 nitrogen and oxygen atoms in total. The Balaban J connectivity index is 2.60. The Morgan fingerprint density at radius 3 is 2.45 bits per heavy atom. The molecule has 2 aromatic rings. The zero-order chi connectivity index (χ0) is 15.1. The lowest BCUT2D eigenvalue weighted by Crippen LogP contribution is -2.39. The van der Waals surface area contributed by atoms with Gasteiger partial charge in [0.05, 0.1) is 0 Å². The fourth-order valence-corrected chi connectivity index (χ4v) is 2.45. The summed E-state index contributed by atoms with van der Waals surface area (Å²) in [6, 6.07) is 6.62. The van der Waals surface area contributed by atoms with Crippen LogP contribution in [0, 0.1) is 12.3 Å². The largest absolute Gasteiger partial charge is 0.398 e. The zero-order valence-corrected chi connectivity index (χ0v) is 13.4. The predicted octanol–water partition coefficient (Wildman–Crippen LogP) is 4.00. The van der Waals surface area contributed by atoms with E-state index < -0.39 is 0 Å². The molecule has 20 heavy (non-hydrogen) atoms. The van der Waals surface area contributed by atoms with Gasteiger partial charge in [-0.15, -0.1) is 0 Å². The van der Waals surface area contributed by atoms with E-state index in [4.69, 9.17) is 5.73 Å². The summed E-state index contributed by atoms with van der Waals surface area (Å²) in [4.78, 5) is 6.70. The molecule has 0 aliphatic heterocycles. The Morgan fingerprint density at radius 2 is 1.85 bits per heavy atom. The maximum atomic E-state index is 6.08. The van der Waals surface area contributed by atoms with Gasteiger partial charge in [0, 0.05) is 47.1 Å². The fourth-order valence-electron chi connectivity index (χ4n) is 2.45. The van der Waals surface area contributed by atoms with E-state index in [0.717, 1.165) is 16.8 Å². The quantitative estimate of drug-likeness (QED) is 0.840. The minimum Gasteiger partial charge on any atom is -0.398 e. The Bertz CT molecular complexity index is 626. The number of aryl methyl sites for hydroxylation is 1. The van der Waals surface area contributed by atoms with Gasteiger partial charge >= 0.3 is 0 Å². The summed E-state index contributed by atoms with van der Waals surface area (Å²) in [5.74, 6) is 0. The van der Waals surface area contributed by atoms with Crippen LogP contribution < -0.4 is 10.6 Å². The SMILES string of the molecule is Cc1cc2c(N(C)C(C)C(C)(C)C)ccc(N)c2cn1. The number of nitrogens with two attached hydrogens (primary N) is 1. The number of pyridine rings is 1. The number of nitrogen functional groups attached to an aromatic ring is 1. The van der Waals surface area contributed by atoms with Gasteiger partial charge in [-0.05, 0) is 37.5 Å². The van der Waals surface area contributed by atoms with Gasteiger partial charge < -0.3 is 10.6 Å². The van der Waals surface area contributed by atoms with Crippen molar-refractivity contribution in [1.82, 2.24) is 4.98 Å². The van der Waals surface area contributed by atoms with Crippen LogP contribution in [0.1, 0.15) is 33.4 Å².